The van der Waals surface area contributed by atoms with E-state index in [0.29, 0.717) is 0 Å². The number of aliphatic imine (C=N–C) groups is 1. The highest BCUT2D eigenvalue weighted by Gasteiger charge is 2.11. The van der Waals surface area contributed by atoms with Crippen molar-refractivity contribution in [3.05, 3.63) is 47.0 Å². The lowest BCUT2D eigenvalue weighted by atomic mass is 10.2. The van der Waals surface area contributed by atoms with Crippen LogP contribution in [0.1, 0.15) is 0 Å². The highest BCUT2D eigenvalue weighted by atomic mass is 15.2. The van der Waals surface area contributed by atoms with Gasteiger partial charge < -0.3 is 4.90 Å². The zero-order valence-corrected chi connectivity index (χ0v) is 7.72. The molecule has 68 valence electrons. The minimum Gasteiger partial charge on any atom is -0.327 e. The number of hydrogen-bond acceptors (Lipinski definition) is 2. The zero-order chi connectivity index (χ0) is 9.38. The van der Waals surface area contributed by atoms with E-state index in [0.717, 1.165) is 12.4 Å². The molecule has 0 amide bonds. The Balaban J connectivity index is 2.46. The van der Waals surface area contributed by atoms with Gasteiger partial charge >= 0.3 is 0 Å². The Bertz CT molecular complexity index is 538. The summed E-state index contributed by atoms with van der Waals surface area (Å²) in [7, 11) is 0. The van der Waals surface area contributed by atoms with Gasteiger partial charge in [0.25, 0.3) is 0 Å². The first-order valence-corrected chi connectivity index (χ1v) is 4.72. The summed E-state index contributed by atoms with van der Waals surface area (Å²) in [5.74, 6) is 1.06. The van der Waals surface area contributed by atoms with Crippen molar-refractivity contribution in [2.45, 2.75) is 0 Å². The van der Waals surface area contributed by atoms with Gasteiger partial charge in [-0.1, -0.05) is 30.3 Å². The van der Waals surface area contributed by atoms with Crippen molar-refractivity contribution in [1.82, 2.24) is 4.90 Å². The van der Waals surface area contributed by atoms with Gasteiger partial charge in [-0.2, -0.15) is 0 Å². The van der Waals surface area contributed by atoms with E-state index in [1.165, 1.54) is 10.4 Å². The highest BCUT2D eigenvalue weighted by molar-refractivity contribution is 5.74. The lowest BCUT2D eigenvalue weighted by Gasteiger charge is -2.10. The Morgan fingerprint density at radius 3 is 3.14 bits per heavy atom. The highest BCUT2D eigenvalue weighted by Crippen LogP contribution is 2.11. The van der Waals surface area contributed by atoms with Crippen LogP contribution in [-0.4, -0.2) is 17.7 Å². The van der Waals surface area contributed by atoms with Crippen molar-refractivity contribution in [2.75, 3.05) is 6.54 Å². The van der Waals surface area contributed by atoms with Gasteiger partial charge in [-0.15, -0.1) is 0 Å². The van der Waals surface area contributed by atoms with Gasteiger partial charge in [0.05, 0.1) is 6.54 Å². The Hall–Kier alpha value is -1.83. The van der Waals surface area contributed by atoms with Crippen LogP contribution in [0.2, 0.25) is 0 Å². The molecule has 2 heterocycles. The summed E-state index contributed by atoms with van der Waals surface area (Å²) in [5.41, 5.74) is 0. The minimum absolute atomic E-state index is 0.883. The predicted octanol–water partition coefficient (Wildman–Crippen LogP) is 0.447. The summed E-state index contributed by atoms with van der Waals surface area (Å²) in [6.07, 6.45) is 8.21. The SMILES string of the molecule is C1=CN2CC=NC2=c2ccccc2=C1. The van der Waals surface area contributed by atoms with E-state index in [1.807, 2.05) is 6.21 Å². The maximum absolute atomic E-state index is 4.41. The quantitative estimate of drug-likeness (QED) is 0.568. The third-order valence-electron chi connectivity index (χ3n) is 2.51. The average molecular weight is 182 g/mol. The summed E-state index contributed by atoms with van der Waals surface area (Å²) in [4.78, 5) is 6.56. The number of hydrogen-bond donors (Lipinski definition) is 0. The van der Waals surface area contributed by atoms with Crippen LogP contribution in [0, 0.1) is 0 Å². The molecule has 0 N–H and O–H groups in total. The largest absolute Gasteiger partial charge is 0.327 e. The van der Waals surface area contributed by atoms with Crippen LogP contribution in [0.4, 0.5) is 0 Å². The van der Waals surface area contributed by atoms with Crippen molar-refractivity contribution >= 4 is 18.1 Å². The summed E-state index contributed by atoms with van der Waals surface area (Å²) in [6.45, 7) is 0.883. The van der Waals surface area contributed by atoms with Crippen LogP contribution in [0.15, 0.2) is 41.5 Å². The molecule has 0 radical (unpaired) electrons. The second-order valence-electron chi connectivity index (χ2n) is 3.38. The first-order chi connectivity index (χ1) is 6.95. The van der Waals surface area contributed by atoms with E-state index in [9.17, 15) is 0 Å². The molecule has 0 atom stereocenters. The molecule has 1 aromatic rings. The Morgan fingerprint density at radius 1 is 1.21 bits per heavy atom. The van der Waals surface area contributed by atoms with E-state index in [-0.39, 0.29) is 0 Å². The molecule has 0 saturated heterocycles. The molecule has 2 heteroatoms. The van der Waals surface area contributed by atoms with Crippen LogP contribution in [0.5, 0.6) is 0 Å². The van der Waals surface area contributed by atoms with Gasteiger partial charge in [-0.25, -0.2) is 4.99 Å². The predicted molar refractivity (Wildman–Crippen MR) is 57.9 cm³/mol. The molecule has 14 heavy (non-hydrogen) atoms. The van der Waals surface area contributed by atoms with Gasteiger partial charge in [0.1, 0.15) is 5.82 Å². The first kappa shape index (κ1) is 7.56. The van der Waals surface area contributed by atoms with Gasteiger partial charge in [0.15, 0.2) is 0 Å². The molecule has 3 rings (SSSR count). The second-order valence-corrected chi connectivity index (χ2v) is 3.38. The van der Waals surface area contributed by atoms with Crippen LogP contribution in [0.3, 0.4) is 0 Å². The van der Waals surface area contributed by atoms with Gasteiger partial charge in [-0.3, -0.25) is 0 Å². The lowest BCUT2D eigenvalue weighted by Crippen LogP contribution is -2.28. The van der Waals surface area contributed by atoms with E-state index in [4.69, 9.17) is 0 Å². The molecule has 0 bridgehead atoms. The maximum atomic E-state index is 4.41. The minimum atomic E-state index is 0.883. The normalized spacial score (nSPS) is 17.4. The Kier molecular flexibility index (Phi) is 1.53. The fourth-order valence-electron chi connectivity index (χ4n) is 1.83. The molecule has 0 aliphatic carbocycles. The van der Waals surface area contributed by atoms with Gasteiger partial charge in [0.2, 0.25) is 0 Å². The third kappa shape index (κ3) is 1.01. The molecule has 1 aromatic carbocycles. The number of rotatable bonds is 0. The van der Waals surface area contributed by atoms with Crippen LogP contribution in [-0.2, 0) is 0 Å². The molecular formula is C12H10N2. The van der Waals surface area contributed by atoms with Crippen molar-refractivity contribution in [3.8, 4) is 0 Å². The molecule has 0 fully saturated rings. The molecule has 0 unspecified atom stereocenters. The molecule has 2 aliphatic heterocycles. The molecule has 2 aliphatic rings. The molecule has 0 spiro atoms. The fourth-order valence-corrected chi connectivity index (χ4v) is 1.83. The zero-order valence-electron chi connectivity index (χ0n) is 7.72. The molecule has 0 aromatic heterocycles. The summed E-state index contributed by atoms with van der Waals surface area (Å²) >= 11 is 0. The average Bonchev–Trinajstić information content (AvgIpc) is 2.61. The standard InChI is InChI=1S/C12H10N2/c1-2-6-11-10(4-1)5-3-8-14-9-7-13-12(11)14/h1-8H,9H2. The van der Waals surface area contributed by atoms with E-state index in [1.54, 1.807) is 0 Å². The first-order valence-electron chi connectivity index (χ1n) is 4.72. The maximum Gasteiger partial charge on any atom is 0.140 e. The van der Waals surface area contributed by atoms with E-state index in [2.05, 4.69) is 52.5 Å². The monoisotopic (exact) mass is 182 g/mol. The van der Waals surface area contributed by atoms with Crippen LogP contribution >= 0.6 is 0 Å². The van der Waals surface area contributed by atoms with Gasteiger partial charge in [-0.05, 0) is 11.3 Å². The number of benzene rings is 1. The lowest BCUT2D eigenvalue weighted by molar-refractivity contribution is 0.622. The van der Waals surface area contributed by atoms with Crippen molar-refractivity contribution in [3.63, 3.8) is 0 Å². The topological polar surface area (TPSA) is 15.6 Å². The molecule has 0 saturated carbocycles. The van der Waals surface area contributed by atoms with E-state index < -0.39 is 0 Å². The fraction of sp³-hybridized carbons (Fsp3) is 0.0833. The third-order valence-corrected chi connectivity index (χ3v) is 2.51. The Labute approximate surface area is 82.2 Å². The summed E-state index contributed by atoms with van der Waals surface area (Å²) in [6, 6.07) is 8.34. The number of allylic oxidation sites excluding steroid dienone is 1. The van der Waals surface area contributed by atoms with Gasteiger partial charge in [0, 0.05) is 17.6 Å². The van der Waals surface area contributed by atoms with Crippen molar-refractivity contribution < 1.29 is 0 Å². The number of fused-ring (bicyclic) bond motifs is 2. The number of nitrogens with zero attached hydrogens (tertiary/aromatic N) is 2. The van der Waals surface area contributed by atoms with Crippen molar-refractivity contribution in [1.29, 1.82) is 0 Å². The molecule has 2 nitrogen and oxygen atoms in total. The summed E-state index contributed by atoms with van der Waals surface area (Å²) in [5, 5.41) is 2.45. The smallest absolute Gasteiger partial charge is 0.140 e. The molecular weight excluding hydrogens is 172 g/mol. The second kappa shape index (κ2) is 2.84. The van der Waals surface area contributed by atoms with Crippen LogP contribution in [0.25, 0.3) is 11.9 Å². The van der Waals surface area contributed by atoms with Crippen molar-refractivity contribution in [2.24, 2.45) is 4.99 Å². The van der Waals surface area contributed by atoms with Crippen LogP contribution < -0.4 is 10.4 Å². The van der Waals surface area contributed by atoms with E-state index >= 15 is 0 Å². The summed E-state index contributed by atoms with van der Waals surface area (Å²) < 4.78 is 0. The Morgan fingerprint density at radius 2 is 2.14 bits per heavy atom.